The Balaban J connectivity index is 0.00000104. The van der Waals surface area contributed by atoms with Crippen molar-refractivity contribution in [1.82, 2.24) is 0 Å². The van der Waals surface area contributed by atoms with Crippen molar-refractivity contribution in [3.05, 3.63) is 71.3 Å². The van der Waals surface area contributed by atoms with E-state index in [9.17, 15) is 0 Å². The Kier molecular flexibility index (Phi) is 6.18. The summed E-state index contributed by atoms with van der Waals surface area (Å²) in [5.74, 6) is 0. The Morgan fingerprint density at radius 1 is 1.00 bits per heavy atom. The molecule has 4 heteroatoms. The van der Waals surface area contributed by atoms with Crippen molar-refractivity contribution in [3.63, 3.8) is 0 Å². The third-order valence-corrected chi connectivity index (χ3v) is 6.12. The minimum absolute atomic E-state index is 0. The number of hydrogen-bond acceptors (Lipinski definition) is 1. The van der Waals surface area contributed by atoms with Crippen molar-refractivity contribution in [2.45, 2.75) is 10.0 Å². The first-order valence-electron chi connectivity index (χ1n) is 7.69. The summed E-state index contributed by atoms with van der Waals surface area (Å²) in [7, 11) is 4.29. The quantitative estimate of drug-likeness (QED) is 0.570. The van der Waals surface area contributed by atoms with Gasteiger partial charge < -0.3 is 24.8 Å². The number of rotatable bonds is 2. The van der Waals surface area contributed by atoms with E-state index in [-0.39, 0.29) is 24.8 Å². The zero-order valence-electron chi connectivity index (χ0n) is 13.7. The van der Waals surface area contributed by atoms with Crippen LogP contribution >= 0.6 is 0 Å². The number of anilines is 1. The van der Waals surface area contributed by atoms with Crippen LogP contribution in [0.4, 0.5) is 5.69 Å². The van der Waals surface area contributed by atoms with Crippen LogP contribution < -0.4 is 29.7 Å². The number of fused-ring (bicyclic) bond motifs is 3. The fourth-order valence-electron chi connectivity index (χ4n) is 3.64. The second kappa shape index (κ2) is 7.60. The van der Waals surface area contributed by atoms with Crippen LogP contribution in [0.2, 0.25) is 0 Å². The van der Waals surface area contributed by atoms with Crippen molar-refractivity contribution < 1.29 is 49.5 Å². The van der Waals surface area contributed by atoms with Crippen molar-refractivity contribution in [3.8, 4) is 11.1 Å². The Hall–Kier alpha value is -0.817. The van der Waals surface area contributed by atoms with Gasteiger partial charge in [0.2, 0.25) is 0 Å². The summed E-state index contributed by atoms with van der Waals surface area (Å²) in [5.41, 5.74) is 10.2. The van der Waals surface area contributed by atoms with Gasteiger partial charge in [0.1, 0.15) is 0 Å². The van der Waals surface area contributed by atoms with E-state index in [1.54, 1.807) is 30.3 Å². The van der Waals surface area contributed by atoms with Gasteiger partial charge in [0.05, 0.1) is 0 Å². The molecule has 2 aliphatic carbocycles. The molecule has 2 aromatic carbocycles. The van der Waals surface area contributed by atoms with E-state index < -0.39 is 0 Å². The maximum Gasteiger partial charge on any atom is -1.00 e. The van der Waals surface area contributed by atoms with Crippen LogP contribution in [0.3, 0.4) is 0 Å². The second-order valence-corrected chi connectivity index (χ2v) is 7.58. The summed E-state index contributed by atoms with van der Waals surface area (Å²) < 4.78 is 0.551. The van der Waals surface area contributed by atoms with E-state index in [0.717, 1.165) is 6.42 Å². The van der Waals surface area contributed by atoms with E-state index in [4.69, 9.17) is 0 Å². The summed E-state index contributed by atoms with van der Waals surface area (Å²) in [6.45, 7) is 0. The van der Waals surface area contributed by atoms with Gasteiger partial charge in [-0.15, -0.1) is 0 Å². The van der Waals surface area contributed by atoms with Crippen molar-refractivity contribution in [2.24, 2.45) is 0 Å². The first-order valence-corrected chi connectivity index (χ1v) is 9.11. The Bertz CT molecular complexity index is 824. The van der Waals surface area contributed by atoms with E-state index in [2.05, 4.69) is 73.6 Å². The summed E-state index contributed by atoms with van der Waals surface area (Å²) in [6.07, 6.45) is 7.79. The summed E-state index contributed by atoms with van der Waals surface area (Å²) in [6, 6.07) is 13.5. The monoisotopic (exact) mass is 432 g/mol. The smallest absolute Gasteiger partial charge is 1.00 e. The van der Waals surface area contributed by atoms with Crippen LogP contribution in [0, 0.1) is 0 Å². The molecule has 4 rings (SSSR count). The van der Waals surface area contributed by atoms with Gasteiger partial charge in [-0.1, -0.05) is 0 Å². The van der Waals surface area contributed by atoms with Gasteiger partial charge in [0.25, 0.3) is 0 Å². The van der Waals surface area contributed by atoms with Gasteiger partial charge in [-0.25, -0.2) is 0 Å². The molecule has 0 bridgehead atoms. The molecular weight excluding hydrogens is 416 g/mol. The molecule has 0 spiro atoms. The molecule has 1 atom stereocenters. The SMILES string of the molecule is CN(C)c1ccc2c(c1C1=CC=CC1)[CH]([Zr+2])c1ccccc1-2.[Cl-].[Cl-]. The maximum absolute atomic E-state index is 2.32. The Morgan fingerprint density at radius 2 is 1.75 bits per heavy atom. The number of halogens is 2. The molecule has 0 N–H and O–H groups in total. The molecule has 0 fully saturated rings. The summed E-state index contributed by atoms with van der Waals surface area (Å²) in [5, 5.41) is 0. The van der Waals surface area contributed by atoms with Crippen molar-refractivity contribution in [1.29, 1.82) is 0 Å². The van der Waals surface area contributed by atoms with Crippen LogP contribution in [0.5, 0.6) is 0 Å². The van der Waals surface area contributed by atoms with Crippen LogP contribution in [-0.4, -0.2) is 14.1 Å². The van der Waals surface area contributed by atoms with E-state index in [0.29, 0.717) is 3.63 Å². The van der Waals surface area contributed by atoms with Crippen LogP contribution in [0.15, 0.2) is 54.6 Å². The van der Waals surface area contributed by atoms with Gasteiger partial charge in [-0.05, 0) is 0 Å². The molecule has 0 aromatic heterocycles. The molecule has 121 valence electrons. The van der Waals surface area contributed by atoms with Gasteiger partial charge in [-0.2, -0.15) is 0 Å². The normalized spacial score (nSPS) is 16.7. The predicted octanol–water partition coefficient (Wildman–Crippen LogP) is -1.28. The molecule has 2 aromatic rings. The minimum atomic E-state index is 0. The topological polar surface area (TPSA) is 3.24 Å². The van der Waals surface area contributed by atoms with Crippen molar-refractivity contribution >= 4 is 11.3 Å². The molecule has 0 saturated heterocycles. The molecule has 0 aliphatic heterocycles. The number of hydrogen-bond donors (Lipinski definition) is 0. The fraction of sp³-hybridized carbons (Fsp3) is 0.200. The molecule has 1 nitrogen and oxygen atoms in total. The average Bonchev–Trinajstić information content (AvgIpc) is 3.15. The van der Waals surface area contributed by atoms with Crippen LogP contribution in [0.1, 0.15) is 26.7 Å². The Morgan fingerprint density at radius 3 is 2.42 bits per heavy atom. The number of allylic oxidation sites excluding steroid dienone is 4. The molecule has 1 unspecified atom stereocenters. The predicted molar refractivity (Wildman–Crippen MR) is 89.8 cm³/mol. The van der Waals surface area contributed by atoms with Gasteiger partial charge in [-0.3, -0.25) is 0 Å². The van der Waals surface area contributed by atoms with E-state index in [1.807, 2.05) is 0 Å². The second-order valence-electron chi connectivity index (χ2n) is 6.16. The molecule has 24 heavy (non-hydrogen) atoms. The molecule has 0 saturated carbocycles. The molecule has 0 amide bonds. The van der Waals surface area contributed by atoms with Crippen LogP contribution in [0.25, 0.3) is 16.7 Å². The molecular formula is C20H18Cl2NZr. The number of benzene rings is 2. The number of nitrogens with zero attached hydrogens (tertiary/aromatic N) is 1. The first kappa shape index (κ1) is 19.5. The molecule has 0 heterocycles. The minimum Gasteiger partial charge on any atom is -1.00 e. The largest absolute Gasteiger partial charge is 1.00 e. The third kappa shape index (κ3) is 2.94. The van der Waals surface area contributed by atoms with Crippen LogP contribution in [-0.2, 0) is 24.7 Å². The maximum atomic E-state index is 2.32. The third-order valence-electron chi connectivity index (χ3n) is 4.65. The van der Waals surface area contributed by atoms with E-state index >= 15 is 0 Å². The first-order chi connectivity index (χ1) is 10.7. The zero-order chi connectivity index (χ0) is 15.3. The average molecular weight is 435 g/mol. The summed E-state index contributed by atoms with van der Waals surface area (Å²) >= 11 is 1.57. The summed E-state index contributed by atoms with van der Waals surface area (Å²) in [4.78, 5) is 2.25. The standard InChI is InChI=1S/C20H18N.2ClH.Zr/c1-21(2)19-12-11-17-16-10-6-5-9-15(16)13-18(17)20(19)14-7-3-4-8-14;;;/h3-7,9-13H,8H2,1-2H3;2*1H;/q;;;+2/p-2. The Labute approximate surface area is 171 Å². The molecule has 2 aliphatic rings. The zero-order valence-corrected chi connectivity index (χ0v) is 17.7. The van der Waals surface area contributed by atoms with E-state index in [1.165, 1.54) is 33.5 Å². The van der Waals surface area contributed by atoms with Gasteiger partial charge in [0.15, 0.2) is 0 Å². The van der Waals surface area contributed by atoms with Gasteiger partial charge >= 0.3 is 147 Å². The fourth-order valence-corrected chi connectivity index (χ4v) is 4.99. The molecule has 0 radical (unpaired) electrons. The van der Waals surface area contributed by atoms with Crippen molar-refractivity contribution in [2.75, 3.05) is 19.0 Å². The van der Waals surface area contributed by atoms with Gasteiger partial charge in [0, 0.05) is 0 Å².